The molecule has 0 aromatic heterocycles. The monoisotopic (exact) mass is 336 g/mol. The predicted octanol–water partition coefficient (Wildman–Crippen LogP) is 3.14. The first-order chi connectivity index (χ1) is 12.1. The molecule has 4 nitrogen and oxygen atoms in total. The molecule has 2 aromatic rings. The van der Waals surface area contributed by atoms with Gasteiger partial charge in [0.1, 0.15) is 0 Å². The number of carbonyl (C=O) groups excluding carboxylic acids is 2. The lowest BCUT2D eigenvalue weighted by molar-refractivity contribution is 0.0933. The second-order valence-corrected chi connectivity index (χ2v) is 6.69. The fourth-order valence-corrected chi connectivity index (χ4v) is 3.39. The molecule has 4 heteroatoms. The number of amides is 1. The summed E-state index contributed by atoms with van der Waals surface area (Å²) in [4.78, 5) is 26.5. The summed E-state index contributed by atoms with van der Waals surface area (Å²) in [5, 5.41) is 3.00. The summed E-state index contributed by atoms with van der Waals surface area (Å²) in [7, 11) is 0. The van der Waals surface area contributed by atoms with Crippen LogP contribution in [-0.4, -0.2) is 36.2 Å². The van der Waals surface area contributed by atoms with E-state index in [0.717, 1.165) is 26.1 Å². The zero-order chi connectivity index (χ0) is 17.6. The first-order valence-electron chi connectivity index (χ1n) is 8.78. The van der Waals surface area contributed by atoms with E-state index in [1.807, 2.05) is 6.07 Å². The smallest absolute Gasteiger partial charge is 0.252 e. The molecule has 0 bridgehead atoms. The highest BCUT2D eigenvalue weighted by Gasteiger charge is 2.23. The molecule has 1 atom stereocenters. The Bertz CT molecular complexity index is 743. The van der Waals surface area contributed by atoms with Crippen molar-refractivity contribution in [3.8, 4) is 0 Å². The lowest BCUT2D eigenvalue weighted by Crippen LogP contribution is -2.31. The molecular weight excluding hydrogens is 312 g/mol. The fourth-order valence-electron chi connectivity index (χ4n) is 3.39. The average molecular weight is 336 g/mol. The molecule has 3 rings (SSSR count). The topological polar surface area (TPSA) is 49.4 Å². The van der Waals surface area contributed by atoms with Crippen molar-refractivity contribution in [3.05, 3.63) is 71.3 Å². The maximum absolute atomic E-state index is 12.4. The van der Waals surface area contributed by atoms with Crippen molar-refractivity contribution in [2.45, 2.75) is 19.9 Å². The van der Waals surface area contributed by atoms with Crippen LogP contribution >= 0.6 is 0 Å². The molecule has 1 amide bonds. The Morgan fingerprint density at radius 1 is 1.04 bits per heavy atom. The molecule has 1 fully saturated rings. The Morgan fingerprint density at radius 2 is 1.72 bits per heavy atom. The van der Waals surface area contributed by atoms with Gasteiger partial charge in [0.2, 0.25) is 0 Å². The molecule has 1 aliphatic rings. The molecule has 0 unspecified atom stereocenters. The van der Waals surface area contributed by atoms with E-state index in [-0.39, 0.29) is 11.7 Å². The van der Waals surface area contributed by atoms with Crippen molar-refractivity contribution in [1.82, 2.24) is 10.2 Å². The largest absolute Gasteiger partial charge is 0.352 e. The van der Waals surface area contributed by atoms with Crippen LogP contribution in [-0.2, 0) is 6.54 Å². The minimum atomic E-state index is -0.160. The summed E-state index contributed by atoms with van der Waals surface area (Å²) in [6, 6.07) is 17.4. The number of rotatable bonds is 6. The van der Waals surface area contributed by atoms with Crippen LogP contribution in [0.3, 0.4) is 0 Å². The number of nitrogens with zero attached hydrogens (tertiary/aromatic N) is 1. The summed E-state index contributed by atoms with van der Waals surface area (Å²) in [6.07, 6.45) is 1.08. The average Bonchev–Trinajstić information content (AvgIpc) is 3.08. The van der Waals surface area contributed by atoms with Gasteiger partial charge in [0.05, 0.1) is 5.56 Å². The quantitative estimate of drug-likeness (QED) is 0.825. The molecule has 0 aliphatic carbocycles. The number of Topliss-reactive ketones (excluding diaryl/α,β-unsaturated/α-hetero) is 1. The van der Waals surface area contributed by atoms with Gasteiger partial charge >= 0.3 is 0 Å². The van der Waals surface area contributed by atoms with E-state index in [1.54, 1.807) is 24.3 Å². The summed E-state index contributed by atoms with van der Waals surface area (Å²) < 4.78 is 0. The summed E-state index contributed by atoms with van der Waals surface area (Å²) in [5.41, 5.74) is 2.27. The van der Waals surface area contributed by atoms with Gasteiger partial charge in [0.15, 0.2) is 5.78 Å². The normalized spacial score (nSPS) is 17.4. The lowest BCUT2D eigenvalue weighted by atomic mass is 10.0. The molecule has 1 aliphatic heterocycles. The van der Waals surface area contributed by atoms with Crippen molar-refractivity contribution < 1.29 is 9.59 Å². The number of carbonyl (C=O) groups is 2. The Hall–Kier alpha value is -2.46. The maximum Gasteiger partial charge on any atom is 0.252 e. The van der Waals surface area contributed by atoms with Crippen molar-refractivity contribution in [3.63, 3.8) is 0 Å². The fraction of sp³-hybridized carbons (Fsp3) is 0.333. The third-order valence-corrected chi connectivity index (χ3v) is 4.72. The number of hydrogen-bond donors (Lipinski definition) is 1. The van der Waals surface area contributed by atoms with Crippen LogP contribution < -0.4 is 5.32 Å². The highest BCUT2D eigenvalue weighted by atomic mass is 16.2. The highest BCUT2D eigenvalue weighted by Crippen LogP contribution is 2.18. The third-order valence-electron chi connectivity index (χ3n) is 4.72. The Kier molecular flexibility index (Phi) is 5.61. The molecule has 25 heavy (non-hydrogen) atoms. The predicted molar refractivity (Wildman–Crippen MR) is 98.6 cm³/mol. The van der Waals surface area contributed by atoms with Crippen molar-refractivity contribution >= 4 is 11.7 Å². The van der Waals surface area contributed by atoms with Crippen LogP contribution in [0.15, 0.2) is 54.6 Å². The van der Waals surface area contributed by atoms with Gasteiger partial charge in [-0.2, -0.15) is 0 Å². The maximum atomic E-state index is 12.4. The van der Waals surface area contributed by atoms with E-state index in [2.05, 4.69) is 34.5 Å². The van der Waals surface area contributed by atoms with Gasteiger partial charge in [-0.25, -0.2) is 0 Å². The number of benzene rings is 2. The van der Waals surface area contributed by atoms with Gasteiger partial charge in [0, 0.05) is 25.2 Å². The molecule has 130 valence electrons. The second-order valence-electron chi connectivity index (χ2n) is 6.69. The van der Waals surface area contributed by atoms with Crippen LogP contribution in [0.5, 0.6) is 0 Å². The lowest BCUT2D eigenvalue weighted by Gasteiger charge is -2.16. The Labute approximate surface area is 148 Å². The van der Waals surface area contributed by atoms with Crippen LogP contribution in [0.25, 0.3) is 0 Å². The molecule has 0 spiro atoms. The van der Waals surface area contributed by atoms with E-state index in [9.17, 15) is 9.59 Å². The van der Waals surface area contributed by atoms with Crippen molar-refractivity contribution in [1.29, 1.82) is 0 Å². The van der Waals surface area contributed by atoms with Gasteiger partial charge in [-0.1, -0.05) is 48.5 Å². The van der Waals surface area contributed by atoms with Gasteiger partial charge in [0.25, 0.3) is 5.91 Å². The first kappa shape index (κ1) is 17.4. The number of ketones is 1. The minimum absolute atomic E-state index is 0.0827. The van der Waals surface area contributed by atoms with E-state index >= 15 is 0 Å². The standard InChI is InChI=1S/C21H24N2O2/c1-16(24)19-9-5-6-10-20(19)21(25)22-13-18-11-12-23(15-18)14-17-7-3-2-4-8-17/h2-10,18H,11-15H2,1H3,(H,22,25)/t18-/m1/s1. The second kappa shape index (κ2) is 8.08. The SMILES string of the molecule is CC(=O)c1ccccc1C(=O)NC[C@H]1CCN(Cc2ccccc2)C1. The third kappa shape index (κ3) is 4.54. The van der Waals surface area contributed by atoms with E-state index < -0.39 is 0 Å². The number of nitrogens with one attached hydrogen (secondary N) is 1. The summed E-state index contributed by atoms with van der Waals surface area (Å²) >= 11 is 0. The van der Waals surface area contributed by atoms with Gasteiger partial charge in [-0.15, -0.1) is 0 Å². The molecule has 0 saturated carbocycles. The van der Waals surface area contributed by atoms with E-state index in [4.69, 9.17) is 0 Å². The van der Waals surface area contributed by atoms with Gasteiger partial charge in [-0.05, 0) is 37.4 Å². The van der Waals surface area contributed by atoms with E-state index in [1.165, 1.54) is 12.5 Å². The van der Waals surface area contributed by atoms with Crippen LogP contribution in [0.4, 0.5) is 0 Å². The molecule has 0 radical (unpaired) electrons. The Morgan fingerprint density at radius 3 is 2.44 bits per heavy atom. The molecule has 1 N–H and O–H groups in total. The van der Waals surface area contributed by atoms with Gasteiger partial charge in [-0.3, -0.25) is 14.5 Å². The molecule has 1 saturated heterocycles. The first-order valence-corrected chi connectivity index (χ1v) is 8.78. The van der Waals surface area contributed by atoms with Gasteiger partial charge < -0.3 is 5.32 Å². The van der Waals surface area contributed by atoms with Crippen LogP contribution in [0.2, 0.25) is 0 Å². The zero-order valence-electron chi connectivity index (χ0n) is 14.6. The number of hydrogen-bond acceptors (Lipinski definition) is 3. The minimum Gasteiger partial charge on any atom is -0.352 e. The Balaban J connectivity index is 1.51. The zero-order valence-corrected chi connectivity index (χ0v) is 14.6. The molecule has 1 heterocycles. The number of likely N-dealkylation sites (tertiary alicyclic amines) is 1. The van der Waals surface area contributed by atoms with Crippen LogP contribution in [0.1, 0.15) is 39.6 Å². The molecule has 2 aromatic carbocycles. The highest BCUT2D eigenvalue weighted by molar-refractivity contribution is 6.07. The summed E-state index contributed by atoms with van der Waals surface area (Å²) in [6.45, 7) is 5.14. The van der Waals surface area contributed by atoms with E-state index in [0.29, 0.717) is 23.6 Å². The van der Waals surface area contributed by atoms with Crippen molar-refractivity contribution in [2.75, 3.05) is 19.6 Å². The van der Waals surface area contributed by atoms with Crippen LogP contribution in [0, 0.1) is 5.92 Å². The van der Waals surface area contributed by atoms with Crippen molar-refractivity contribution in [2.24, 2.45) is 5.92 Å². The summed E-state index contributed by atoms with van der Waals surface area (Å²) in [5.74, 6) is 0.213. The molecular formula is C21H24N2O2.